The average Bonchev–Trinajstić information content (AvgIpc) is 2.27. The summed E-state index contributed by atoms with van der Waals surface area (Å²) in [5.74, 6) is 0.882. The predicted octanol–water partition coefficient (Wildman–Crippen LogP) is 5.14. The van der Waals surface area contributed by atoms with E-state index in [1.807, 2.05) is 13.8 Å². The molecule has 0 aromatic rings. The summed E-state index contributed by atoms with van der Waals surface area (Å²) in [6.07, 6.45) is 3.30. The number of rotatable bonds is 6. The maximum Gasteiger partial charge on any atom is 0.152 e. The first-order chi connectivity index (χ1) is 8.96. The van der Waals surface area contributed by atoms with Crippen LogP contribution in [0.4, 0.5) is 0 Å². The summed E-state index contributed by atoms with van der Waals surface area (Å²) in [5, 5.41) is 0. The minimum Gasteiger partial charge on any atom is -0.300 e. The zero-order valence-corrected chi connectivity index (χ0v) is 14.6. The quantitative estimate of drug-likeness (QED) is 0.499. The van der Waals surface area contributed by atoms with Crippen LogP contribution in [0.25, 0.3) is 0 Å². The monoisotopic (exact) mass is 280 g/mol. The molecule has 0 saturated carbocycles. The normalized spacial score (nSPS) is 14.2. The van der Waals surface area contributed by atoms with Crippen LogP contribution in [-0.4, -0.2) is 11.6 Å². The van der Waals surface area contributed by atoms with Crippen molar-refractivity contribution < 1.29 is 9.59 Å². The Balaban J connectivity index is 0. The molecule has 2 nitrogen and oxygen atoms in total. The third-order valence-electron chi connectivity index (χ3n) is 3.79. The Bertz CT molecular complexity index is 375. The highest BCUT2D eigenvalue weighted by Crippen LogP contribution is 2.33. The molecule has 0 amide bonds. The van der Waals surface area contributed by atoms with Gasteiger partial charge in [-0.1, -0.05) is 45.4 Å². The smallest absolute Gasteiger partial charge is 0.152 e. The van der Waals surface area contributed by atoms with Crippen molar-refractivity contribution in [1.82, 2.24) is 0 Å². The van der Waals surface area contributed by atoms with Gasteiger partial charge in [-0.3, -0.25) is 9.59 Å². The van der Waals surface area contributed by atoms with Crippen LogP contribution in [0.2, 0.25) is 0 Å². The lowest BCUT2D eigenvalue weighted by molar-refractivity contribution is -0.118. The van der Waals surface area contributed by atoms with E-state index in [0.29, 0.717) is 12.3 Å². The molecule has 1 atom stereocenters. The summed E-state index contributed by atoms with van der Waals surface area (Å²) in [6, 6.07) is 0. The van der Waals surface area contributed by atoms with Crippen LogP contribution >= 0.6 is 0 Å². The lowest BCUT2D eigenvalue weighted by atomic mass is 9.77. The van der Waals surface area contributed by atoms with Gasteiger partial charge in [-0.25, -0.2) is 0 Å². The van der Waals surface area contributed by atoms with E-state index in [1.54, 1.807) is 19.9 Å². The topological polar surface area (TPSA) is 34.1 Å². The van der Waals surface area contributed by atoms with Gasteiger partial charge in [0, 0.05) is 6.42 Å². The Labute approximate surface area is 125 Å². The Morgan fingerprint density at radius 1 is 1.15 bits per heavy atom. The van der Waals surface area contributed by atoms with Gasteiger partial charge < -0.3 is 0 Å². The first-order valence-electron chi connectivity index (χ1n) is 7.30. The van der Waals surface area contributed by atoms with Crippen molar-refractivity contribution in [3.63, 3.8) is 0 Å². The molecular formula is C18H32O2. The Hall–Kier alpha value is -1.18. The molecule has 0 rings (SSSR count). The molecule has 0 aromatic heterocycles. The zero-order chi connectivity index (χ0) is 16.5. The van der Waals surface area contributed by atoms with Crippen LogP contribution in [0.5, 0.6) is 0 Å². The SMILES string of the molecule is C=C(C)[C@@](C)(CC)CC(C)=O.CC(=O)/C=C(\C)C(C)C. The van der Waals surface area contributed by atoms with Crippen molar-refractivity contribution in [3.05, 3.63) is 23.8 Å². The van der Waals surface area contributed by atoms with Crippen molar-refractivity contribution in [3.8, 4) is 0 Å². The number of Topliss-reactive ketones (excluding diaryl/α,β-unsaturated/α-hetero) is 1. The van der Waals surface area contributed by atoms with Gasteiger partial charge in [0.05, 0.1) is 0 Å². The van der Waals surface area contributed by atoms with E-state index in [2.05, 4.69) is 34.3 Å². The highest BCUT2D eigenvalue weighted by molar-refractivity contribution is 5.87. The standard InChI is InChI=1S/C10H18O.C8H14O/c1-6-10(5,8(2)3)7-9(4)11;1-6(2)7(3)5-8(4)9/h2,6-7H2,1,3-5H3;5-6H,1-4H3/b;7-5+/t10-;/m0./s1. The summed E-state index contributed by atoms with van der Waals surface area (Å²) in [4.78, 5) is 21.4. The molecule has 0 aliphatic heterocycles. The summed E-state index contributed by atoms with van der Waals surface area (Å²) in [5.41, 5.74) is 2.28. The maximum absolute atomic E-state index is 10.9. The van der Waals surface area contributed by atoms with Crippen molar-refractivity contribution in [2.45, 2.75) is 68.2 Å². The van der Waals surface area contributed by atoms with Gasteiger partial charge in [0.25, 0.3) is 0 Å². The van der Waals surface area contributed by atoms with Crippen LogP contribution in [0.1, 0.15) is 68.2 Å². The zero-order valence-electron chi connectivity index (χ0n) is 14.6. The van der Waals surface area contributed by atoms with Crippen LogP contribution in [0.3, 0.4) is 0 Å². The summed E-state index contributed by atoms with van der Waals surface area (Å²) < 4.78 is 0. The van der Waals surface area contributed by atoms with E-state index in [9.17, 15) is 9.59 Å². The molecule has 0 aliphatic rings. The summed E-state index contributed by atoms with van der Waals surface area (Å²) >= 11 is 0. The molecule has 0 fully saturated rings. The Morgan fingerprint density at radius 3 is 1.70 bits per heavy atom. The lowest BCUT2D eigenvalue weighted by Gasteiger charge is -2.27. The Morgan fingerprint density at radius 2 is 1.60 bits per heavy atom. The van der Waals surface area contributed by atoms with E-state index in [4.69, 9.17) is 0 Å². The van der Waals surface area contributed by atoms with Crippen LogP contribution < -0.4 is 0 Å². The van der Waals surface area contributed by atoms with Crippen molar-refractivity contribution >= 4 is 11.6 Å². The van der Waals surface area contributed by atoms with Crippen LogP contribution in [0.15, 0.2) is 23.8 Å². The number of carbonyl (C=O) groups is 2. The second-order valence-electron chi connectivity index (χ2n) is 6.23. The third kappa shape index (κ3) is 9.71. The first kappa shape index (κ1) is 21.1. The maximum atomic E-state index is 10.9. The van der Waals surface area contributed by atoms with Crippen molar-refractivity contribution in [2.75, 3.05) is 0 Å². The molecule has 0 unspecified atom stereocenters. The van der Waals surface area contributed by atoms with Crippen molar-refractivity contribution in [2.24, 2.45) is 11.3 Å². The van der Waals surface area contributed by atoms with Gasteiger partial charge in [-0.2, -0.15) is 0 Å². The van der Waals surface area contributed by atoms with Crippen LogP contribution in [0, 0.1) is 11.3 Å². The van der Waals surface area contributed by atoms with E-state index in [0.717, 1.165) is 17.6 Å². The minimum atomic E-state index is 0.0197. The van der Waals surface area contributed by atoms with Crippen molar-refractivity contribution in [1.29, 1.82) is 0 Å². The van der Waals surface area contributed by atoms with Gasteiger partial charge in [-0.05, 0) is 51.5 Å². The first-order valence-corrected chi connectivity index (χ1v) is 7.30. The number of carbonyl (C=O) groups excluding carboxylic acids is 2. The predicted molar refractivity (Wildman–Crippen MR) is 87.8 cm³/mol. The third-order valence-corrected chi connectivity index (χ3v) is 3.79. The average molecular weight is 280 g/mol. The fraction of sp³-hybridized carbons (Fsp3) is 0.667. The molecule has 116 valence electrons. The van der Waals surface area contributed by atoms with Gasteiger partial charge in [0.15, 0.2) is 5.78 Å². The fourth-order valence-corrected chi connectivity index (χ4v) is 1.61. The van der Waals surface area contributed by atoms with Crippen LogP contribution in [-0.2, 0) is 9.59 Å². The minimum absolute atomic E-state index is 0.0197. The summed E-state index contributed by atoms with van der Waals surface area (Å²) in [6.45, 7) is 19.4. The molecule has 2 heteroatoms. The number of ketones is 2. The fourth-order valence-electron chi connectivity index (χ4n) is 1.61. The lowest BCUT2D eigenvalue weighted by Crippen LogP contribution is -2.19. The molecule has 0 aromatic carbocycles. The number of hydrogen-bond acceptors (Lipinski definition) is 2. The van der Waals surface area contributed by atoms with Gasteiger partial charge in [0.1, 0.15) is 5.78 Å². The van der Waals surface area contributed by atoms with Gasteiger partial charge in [0.2, 0.25) is 0 Å². The van der Waals surface area contributed by atoms with E-state index < -0.39 is 0 Å². The molecular weight excluding hydrogens is 248 g/mol. The molecule has 0 bridgehead atoms. The van der Waals surface area contributed by atoms with Gasteiger partial charge in [-0.15, -0.1) is 0 Å². The molecule has 0 radical (unpaired) electrons. The summed E-state index contributed by atoms with van der Waals surface area (Å²) in [7, 11) is 0. The molecule has 20 heavy (non-hydrogen) atoms. The van der Waals surface area contributed by atoms with E-state index >= 15 is 0 Å². The second kappa shape index (κ2) is 9.68. The largest absolute Gasteiger partial charge is 0.300 e. The Kier molecular flexibility index (Phi) is 10.2. The number of hydrogen-bond donors (Lipinski definition) is 0. The molecule has 0 aliphatic carbocycles. The number of allylic oxidation sites excluding steroid dienone is 3. The molecule has 0 saturated heterocycles. The molecule has 0 heterocycles. The van der Waals surface area contributed by atoms with E-state index in [-0.39, 0.29) is 17.0 Å². The van der Waals surface area contributed by atoms with E-state index in [1.165, 1.54) is 0 Å². The highest BCUT2D eigenvalue weighted by atomic mass is 16.1. The second-order valence-corrected chi connectivity index (χ2v) is 6.23. The molecule has 0 spiro atoms. The highest BCUT2D eigenvalue weighted by Gasteiger charge is 2.24. The van der Waals surface area contributed by atoms with Gasteiger partial charge >= 0.3 is 0 Å². The molecule has 0 N–H and O–H groups in total.